The summed E-state index contributed by atoms with van der Waals surface area (Å²) in [4.78, 5) is 12.5. The minimum atomic E-state index is -0.711. The molecule has 78 valence electrons. The lowest BCUT2D eigenvalue weighted by atomic mass is 10.2. The SMILES string of the molecule is O=C1C(F)=CCN1Cc1ccc(F)cc1. The molecule has 1 amide bonds. The maximum Gasteiger partial charge on any atom is 0.282 e. The number of carbonyl (C=O) groups excluding carboxylic acids is 1. The van der Waals surface area contributed by atoms with Gasteiger partial charge in [-0.2, -0.15) is 0 Å². The maximum atomic E-state index is 12.7. The van der Waals surface area contributed by atoms with Crippen LogP contribution in [0.4, 0.5) is 8.78 Å². The van der Waals surface area contributed by atoms with Crippen molar-refractivity contribution >= 4 is 5.91 Å². The zero-order chi connectivity index (χ0) is 10.8. The van der Waals surface area contributed by atoms with Crippen LogP contribution in [0, 0.1) is 5.82 Å². The summed E-state index contributed by atoms with van der Waals surface area (Å²) in [6.07, 6.45) is 1.24. The fourth-order valence-electron chi connectivity index (χ4n) is 1.46. The van der Waals surface area contributed by atoms with Crippen molar-refractivity contribution in [2.24, 2.45) is 0 Å². The molecule has 0 aromatic heterocycles. The second kappa shape index (κ2) is 3.81. The molecular weight excluding hydrogens is 200 g/mol. The van der Waals surface area contributed by atoms with Crippen LogP contribution in [0.1, 0.15) is 5.56 Å². The van der Waals surface area contributed by atoms with Gasteiger partial charge in [-0.05, 0) is 23.8 Å². The van der Waals surface area contributed by atoms with E-state index in [1.807, 2.05) is 0 Å². The molecule has 0 bridgehead atoms. The Hall–Kier alpha value is -1.71. The van der Waals surface area contributed by atoms with Gasteiger partial charge < -0.3 is 4.90 Å². The molecule has 0 aliphatic carbocycles. The first kappa shape index (κ1) is 9.83. The van der Waals surface area contributed by atoms with E-state index in [1.165, 1.54) is 23.1 Å². The zero-order valence-electron chi connectivity index (χ0n) is 7.91. The number of carbonyl (C=O) groups is 1. The first-order valence-electron chi connectivity index (χ1n) is 4.56. The largest absolute Gasteiger partial charge is 0.328 e. The molecule has 1 aromatic rings. The summed E-state index contributed by atoms with van der Waals surface area (Å²) in [5.74, 6) is -1.63. The monoisotopic (exact) mass is 209 g/mol. The Labute approximate surface area is 85.8 Å². The van der Waals surface area contributed by atoms with Gasteiger partial charge in [-0.25, -0.2) is 8.78 Å². The van der Waals surface area contributed by atoms with Crippen molar-refractivity contribution in [1.29, 1.82) is 0 Å². The van der Waals surface area contributed by atoms with Crippen molar-refractivity contribution in [2.75, 3.05) is 6.54 Å². The number of halogens is 2. The third kappa shape index (κ3) is 2.03. The van der Waals surface area contributed by atoms with Crippen molar-refractivity contribution in [1.82, 2.24) is 4.90 Å². The number of amides is 1. The van der Waals surface area contributed by atoms with Crippen LogP contribution in [0.25, 0.3) is 0 Å². The highest BCUT2D eigenvalue weighted by molar-refractivity contribution is 5.93. The molecule has 4 heteroatoms. The normalized spacial score (nSPS) is 15.7. The number of benzene rings is 1. The summed E-state index contributed by atoms with van der Waals surface area (Å²) < 4.78 is 25.3. The molecule has 0 radical (unpaired) electrons. The summed E-state index contributed by atoms with van der Waals surface area (Å²) in [5.41, 5.74) is 0.785. The van der Waals surface area contributed by atoms with Crippen molar-refractivity contribution in [3.8, 4) is 0 Å². The van der Waals surface area contributed by atoms with Crippen LogP contribution in [-0.2, 0) is 11.3 Å². The highest BCUT2D eigenvalue weighted by Gasteiger charge is 2.23. The second-order valence-electron chi connectivity index (χ2n) is 3.36. The van der Waals surface area contributed by atoms with Gasteiger partial charge in [-0.3, -0.25) is 4.79 Å². The summed E-state index contributed by atoms with van der Waals surface area (Å²) in [7, 11) is 0. The highest BCUT2D eigenvalue weighted by Crippen LogP contribution is 2.15. The third-order valence-corrected chi connectivity index (χ3v) is 2.27. The molecule has 1 aromatic carbocycles. The first-order valence-corrected chi connectivity index (χ1v) is 4.56. The van der Waals surface area contributed by atoms with Crippen LogP contribution in [-0.4, -0.2) is 17.4 Å². The van der Waals surface area contributed by atoms with E-state index in [-0.39, 0.29) is 12.4 Å². The Morgan fingerprint density at radius 1 is 1.20 bits per heavy atom. The van der Waals surface area contributed by atoms with E-state index in [4.69, 9.17) is 0 Å². The van der Waals surface area contributed by atoms with E-state index in [1.54, 1.807) is 12.1 Å². The molecule has 1 aliphatic rings. The number of hydrogen-bond donors (Lipinski definition) is 0. The van der Waals surface area contributed by atoms with Gasteiger partial charge >= 0.3 is 0 Å². The van der Waals surface area contributed by atoms with E-state index in [9.17, 15) is 13.6 Å². The lowest BCUT2D eigenvalue weighted by Gasteiger charge is -2.15. The van der Waals surface area contributed by atoms with E-state index in [0.29, 0.717) is 6.54 Å². The van der Waals surface area contributed by atoms with Gasteiger partial charge in [0, 0.05) is 13.1 Å². The predicted octanol–water partition coefficient (Wildman–Crippen LogP) is 2.02. The average molecular weight is 209 g/mol. The molecule has 2 rings (SSSR count). The summed E-state index contributed by atoms with van der Waals surface area (Å²) in [6, 6.07) is 5.80. The molecule has 0 saturated carbocycles. The minimum Gasteiger partial charge on any atom is -0.328 e. The van der Waals surface area contributed by atoms with Crippen molar-refractivity contribution in [2.45, 2.75) is 6.54 Å². The Morgan fingerprint density at radius 3 is 2.40 bits per heavy atom. The molecule has 0 spiro atoms. The van der Waals surface area contributed by atoms with Crippen molar-refractivity contribution in [3.05, 3.63) is 47.5 Å². The van der Waals surface area contributed by atoms with Gasteiger partial charge in [0.1, 0.15) is 5.82 Å². The molecule has 0 saturated heterocycles. The smallest absolute Gasteiger partial charge is 0.282 e. The third-order valence-electron chi connectivity index (χ3n) is 2.27. The van der Waals surface area contributed by atoms with Gasteiger partial charge in [-0.1, -0.05) is 12.1 Å². The van der Waals surface area contributed by atoms with Crippen LogP contribution in [0.3, 0.4) is 0 Å². The molecule has 0 N–H and O–H groups in total. The lowest BCUT2D eigenvalue weighted by Crippen LogP contribution is -2.25. The lowest BCUT2D eigenvalue weighted by molar-refractivity contribution is -0.127. The molecule has 0 unspecified atom stereocenters. The maximum absolute atomic E-state index is 12.7. The van der Waals surface area contributed by atoms with Gasteiger partial charge in [0.05, 0.1) is 0 Å². The Bertz CT molecular complexity index is 411. The van der Waals surface area contributed by atoms with Gasteiger partial charge in [0.15, 0.2) is 5.83 Å². The Morgan fingerprint density at radius 2 is 1.87 bits per heavy atom. The van der Waals surface area contributed by atoms with Crippen LogP contribution < -0.4 is 0 Å². The number of nitrogens with zero attached hydrogens (tertiary/aromatic N) is 1. The number of rotatable bonds is 2. The fraction of sp³-hybridized carbons (Fsp3) is 0.182. The fourth-order valence-corrected chi connectivity index (χ4v) is 1.46. The summed E-state index contributed by atoms with van der Waals surface area (Å²) in [6.45, 7) is 0.588. The molecule has 15 heavy (non-hydrogen) atoms. The highest BCUT2D eigenvalue weighted by atomic mass is 19.1. The standard InChI is InChI=1S/C11H9F2NO/c12-9-3-1-8(2-4-9)7-14-6-5-10(13)11(14)15/h1-5H,6-7H2. The van der Waals surface area contributed by atoms with Crippen LogP contribution in [0.5, 0.6) is 0 Å². The predicted molar refractivity (Wildman–Crippen MR) is 51.0 cm³/mol. The Balaban J connectivity index is 2.05. The topological polar surface area (TPSA) is 20.3 Å². The molecular formula is C11H9F2NO. The van der Waals surface area contributed by atoms with Crippen molar-refractivity contribution < 1.29 is 13.6 Å². The minimum absolute atomic E-state index is 0.280. The van der Waals surface area contributed by atoms with Crippen molar-refractivity contribution in [3.63, 3.8) is 0 Å². The Kier molecular flexibility index (Phi) is 2.49. The van der Waals surface area contributed by atoms with Gasteiger partial charge in [0.25, 0.3) is 5.91 Å². The zero-order valence-corrected chi connectivity index (χ0v) is 7.91. The molecule has 2 nitrogen and oxygen atoms in total. The molecule has 0 atom stereocenters. The van der Waals surface area contributed by atoms with Gasteiger partial charge in [-0.15, -0.1) is 0 Å². The van der Waals surface area contributed by atoms with Crippen LogP contribution in [0.2, 0.25) is 0 Å². The summed E-state index contributed by atoms with van der Waals surface area (Å²) in [5, 5.41) is 0. The summed E-state index contributed by atoms with van der Waals surface area (Å²) >= 11 is 0. The quantitative estimate of drug-likeness (QED) is 0.729. The van der Waals surface area contributed by atoms with E-state index in [0.717, 1.165) is 5.56 Å². The van der Waals surface area contributed by atoms with Crippen LogP contribution in [0.15, 0.2) is 36.2 Å². The first-order chi connectivity index (χ1) is 7.16. The second-order valence-corrected chi connectivity index (χ2v) is 3.36. The van der Waals surface area contributed by atoms with E-state index < -0.39 is 11.7 Å². The van der Waals surface area contributed by atoms with Crippen LogP contribution >= 0.6 is 0 Å². The molecule has 0 fully saturated rings. The van der Waals surface area contributed by atoms with E-state index in [2.05, 4.69) is 0 Å². The molecule has 1 aliphatic heterocycles. The molecule has 1 heterocycles. The average Bonchev–Trinajstić information content (AvgIpc) is 2.53. The number of hydrogen-bond acceptors (Lipinski definition) is 1. The van der Waals surface area contributed by atoms with E-state index >= 15 is 0 Å². The van der Waals surface area contributed by atoms with Gasteiger partial charge in [0.2, 0.25) is 0 Å².